The van der Waals surface area contributed by atoms with Gasteiger partial charge in [0.2, 0.25) is 6.79 Å². The Morgan fingerprint density at radius 2 is 1.92 bits per heavy atom. The molecule has 0 unspecified atom stereocenters. The van der Waals surface area contributed by atoms with Crippen LogP contribution in [0.5, 0.6) is 11.5 Å². The molecule has 2 aliphatic rings. The molecule has 9 heteroatoms. The fraction of sp³-hybridized carbons (Fsp3) is 0.412. The second-order valence-electron chi connectivity index (χ2n) is 6.41. The standard InChI is InChI=1S/C17H19N3O5S/c1-9(2)18-17-19(10(3)4)16(21)15(26-17)6-11-5-13-14(25-8-24-13)7-12(11)20(22)23/h5-7,9-10H,8H2,1-4H3/b15-6-,18-17?. The largest absolute Gasteiger partial charge is 0.454 e. The minimum absolute atomic E-state index is 0.0204. The molecule has 2 aliphatic heterocycles. The first-order chi connectivity index (χ1) is 12.3. The van der Waals surface area contributed by atoms with E-state index in [1.165, 1.54) is 30.0 Å². The lowest BCUT2D eigenvalue weighted by atomic mass is 10.1. The summed E-state index contributed by atoms with van der Waals surface area (Å²) in [6.07, 6.45) is 1.52. The first kappa shape index (κ1) is 18.2. The molecular formula is C17H19N3O5S. The van der Waals surface area contributed by atoms with Gasteiger partial charge >= 0.3 is 0 Å². The van der Waals surface area contributed by atoms with Crippen LogP contribution in [-0.2, 0) is 4.79 Å². The predicted octanol–water partition coefficient (Wildman–Crippen LogP) is 3.41. The Kier molecular flexibility index (Phi) is 4.90. The highest BCUT2D eigenvalue weighted by molar-refractivity contribution is 8.18. The van der Waals surface area contributed by atoms with Gasteiger partial charge in [0.25, 0.3) is 11.6 Å². The molecular weight excluding hydrogens is 358 g/mol. The van der Waals surface area contributed by atoms with Crippen LogP contribution in [0.25, 0.3) is 6.08 Å². The molecule has 0 bridgehead atoms. The highest BCUT2D eigenvalue weighted by atomic mass is 32.2. The molecule has 0 radical (unpaired) electrons. The van der Waals surface area contributed by atoms with Gasteiger partial charge in [-0.3, -0.25) is 24.8 Å². The Morgan fingerprint density at radius 3 is 2.50 bits per heavy atom. The number of benzene rings is 1. The van der Waals surface area contributed by atoms with Crippen LogP contribution in [0.1, 0.15) is 33.3 Å². The molecule has 1 fully saturated rings. The average Bonchev–Trinajstić information content (AvgIpc) is 3.10. The Labute approximate surface area is 155 Å². The first-order valence-corrected chi connectivity index (χ1v) is 8.98. The average molecular weight is 377 g/mol. The molecule has 138 valence electrons. The van der Waals surface area contributed by atoms with Crippen molar-refractivity contribution >= 4 is 34.6 Å². The van der Waals surface area contributed by atoms with Gasteiger partial charge in [-0.25, -0.2) is 0 Å². The van der Waals surface area contributed by atoms with Crippen molar-refractivity contribution in [3.63, 3.8) is 0 Å². The number of amidine groups is 1. The Bertz CT molecular complexity index is 832. The van der Waals surface area contributed by atoms with Crippen molar-refractivity contribution in [2.75, 3.05) is 6.79 Å². The highest BCUT2D eigenvalue weighted by Gasteiger charge is 2.36. The molecule has 3 rings (SSSR count). The fourth-order valence-electron chi connectivity index (χ4n) is 2.61. The van der Waals surface area contributed by atoms with Crippen LogP contribution in [-0.4, -0.2) is 39.8 Å². The van der Waals surface area contributed by atoms with Crippen molar-refractivity contribution in [3.8, 4) is 11.5 Å². The van der Waals surface area contributed by atoms with Crippen molar-refractivity contribution in [1.29, 1.82) is 0 Å². The summed E-state index contributed by atoms with van der Waals surface area (Å²) in [7, 11) is 0. The maximum absolute atomic E-state index is 12.8. The van der Waals surface area contributed by atoms with Crippen LogP contribution in [0.4, 0.5) is 5.69 Å². The number of rotatable bonds is 4. The molecule has 8 nitrogen and oxygen atoms in total. The number of ether oxygens (including phenoxy) is 2. The number of thioether (sulfide) groups is 1. The molecule has 1 saturated heterocycles. The summed E-state index contributed by atoms with van der Waals surface area (Å²) in [5.41, 5.74) is 0.157. The van der Waals surface area contributed by atoms with Crippen molar-refractivity contribution in [2.24, 2.45) is 4.99 Å². The summed E-state index contributed by atoms with van der Waals surface area (Å²) in [5.74, 6) is 0.543. The fourth-order valence-corrected chi connectivity index (χ4v) is 3.84. The van der Waals surface area contributed by atoms with E-state index in [-0.39, 0.29) is 30.5 Å². The van der Waals surface area contributed by atoms with E-state index in [1.807, 2.05) is 27.7 Å². The van der Waals surface area contributed by atoms with E-state index in [1.54, 1.807) is 4.90 Å². The smallest absolute Gasteiger partial charge is 0.280 e. The maximum atomic E-state index is 12.8. The molecule has 0 saturated carbocycles. The van der Waals surface area contributed by atoms with Gasteiger partial charge in [0.1, 0.15) is 0 Å². The number of fused-ring (bicyclic) bond motifs is 1. The Morgan fingerprint density at radius 1 is 1.27 bits per heavy atom. The molecule has 0 N–H and O–H groups in total. The number of nitrogens with zero attached hydrogens (tertiary/aromatic N) is 3. The highest BCUT2D eigenvalue weighted by Crippen LogP contribution is 2.41. The van der Waals surface area contributed by atoms with E-state index in [9.17, 15) is 14.9 Å². The van der Waals surface area contributed by atoms with Gasteiger partial charge in [0.15, 0.2) is 16.7 Å². The van der Waals surface area contributed by atoms with E-state index in [2.05, 4.69) is 4.99 Å². The van der Waals surface area contributed by atoms with Crippen LogP contribution >= 0.6 is 11.8 Å². The number of nitro groups is 1. The van der Waals surface area contributed by atoms with Gasteiger partial charge in [0, 0.05) is 12.1 Å². The van der Waals surface area contributed by atoms with E-state index in [0.717, 1.165) is 0 Å². The summed E-state index contributed by atoms with van der Waals surface area (Å²) in [6.45, 7) is 7.69. The summed E-state index contributed by atoms with van der Waals surface area (Å²) >= 11 is 1.22. The summed E-state index contributed by atoms with van der Waals surface area (Å²) < 4.78 is 10.5. The second-order valence-corrected chi connectivity index (χ2v) is 7.42. The van der Waals surface area contributed by atoms with E-state index >= 15 is 0 Å². The molecule has 26 heavy (non-hydrogen) atoms. The molecule has 1 aromatic carbocycles. The van der Waals surface area contributed by atoms with Crippen molar-refractivity contribution in [2.45, 2.75) is 39.8 Å². The first-order valence-electron chi connectivity index (χ1n) is 8.17. The minimum atomic E-state index is -0.498. The SMILES string of the molecule is CC(C)N=C1S/C(=C\c2cc3c(cc2[N+](=O)[O-])OCO3)C(=O)N1C(C)C. The van der Waals surface area contributed by atoms with Gasteiger partial charge in [-0.15, -0.1) is 0 Å². The Balaban J connectivity index is 2.05. The zero-order valence-electron chi connectivity index (χ0n) is 14.9. The lowest BCUT2D eigenvalue weighted by Crippen LogP contribution is -2.35. The molecule has 1 aromatic rings. The van der Waals surface area contributed by atoms with Crippen LogP contribution in [0.15, 0.2) is 22.0 Å². The summed E-state index contributed by atoms with van der Waals surface area (Å²) in [5, 5.41) is 12.0. The Hall–Kier alpha value is -2.55. The molecule has 0 aromatic heterocycles. The molecule has 0 spiro atoms. The third kappa shape index (κ3) is 3.39. The normalized spacial score (nSPS) is 19.5. The van der Waals surface area contributed by atoms with E-state index < -0.39 is 4.92 Å². The van der Waals surface area contributed by atoms with E-state index in [0.29, 0.717) is 27.1 Å². The second kappa shape index (κ2) is 6.99. The number of aliphatic imine (C=N–C) groups is 1. The number of carbonyl (C=O) groups excluding carboxylic acids is 1. The quantitative estimate of drug-likeness (QED) is 0.453. The van der Waals surface area contributed by atoms with Crippen LogP contribution in [0.2, 0.25) is 0 Å². The van der Waals surface area contributed by atoms with Gasteiger partial charge in [-0.2, -0.15) is 0 Å². The number of hydrogen-bond acceptors (Lipinski definition) is 7. The zero-order chi connectivity index (χ0) is 19.0. The van der Waals surface area contributed by atoms with Crippen molar-refractivity contribution in [1.82, 2.24) is 4.90 Å². The molecule has 0 aliphatic carbocycles. The lowest BCUT2D eigenvalue weighted by Gasteiger charge is -2.20. The van der Waals surface area contributed by atoms with E-state index in [4.69, 9.17) is 9.47 Å². The number of carbonyl (C=O) groups is 1. The van der Waals surface area contributed by atoms with Gasteiger partial charge in [0.05, 0.1) is 21.5 Å². The minimum Gasteiger partial charge on any atom is -0.454 e. The number of amides is 1. The molecule has 2 heterocycles. The van der Waals surface area contributed by atoms with Crippen LogP contribution < -0.4 is 9.47 Å². The van der Waals surface area contributed by atoms with Crippen LogP contribution in [0.3, 0.4) is 0 Å². The van der Waals surface area contributed by atoms with Crippen LogP contribution in [0, 0.1) is 10.1 Å². The maximum Gasteiger partial charge on any atom is 0.280 e. The third-order valence-corrected chi connectivity index (χ3v) is 4.72. The van der Waals surface area contributed by atoms with Crippen molar-refractivity contribution < 1.29 is 19.2 Å². The summed E-state index contributed by atoms with van der Waals surface area (Å²) in [4.78, 5) is 30.2. The number of nitro benzene ring substituents is 1. The molecule has 1 amide bonds. The van der Waals surface area contributed by atoms with Gasteiger partial charge < -0.3 is 9.47 Å². The monoisotopic (exact) mass is 377 g/mol. The topological polar surface area (TPSA) is 94.3 Å². The third-order valence-electron chi connectivity index (χ3n) is 3.73. The van der Waals surface area contributed by atoms with Gasteiger partial charge in [-0.1, -0.05) is 0 Å². The van der Waals surface area contributed by atoms with Crippen molar-refractivity contribution in [3.05, 3.63) is 32.7 Å². The lowest BCUT2D eigenvalue weighted by molar-refractivity contribution is -0.385. The number of hydrogen-bond donors (Lipinski definition) is 0. The summed E-state index contributed by atoms with van der Waals surface area (Å²) in [6, 6.07) is 2.82. The predicted molar refractivity (Wildman–Crippen MR) is 99.3 cm³/mol. The zero-order valence-corrected chi connectivity index (χ0v) is 15.7. The molecule has 0 atom stereocenters. The van der Waals surface area contributed by atoms with Gasteiger partial charge in [-0.05, 0) is 51.6 Å².